The van der Waals surface area contributed by atoms with Crippen LogP contribution in [-0.4, -0.2) is 46.7 Å². The first-order valence-corrected chi connectivity index (χ1v) is 10.0. The molecular formula is C21H21ClN4O5. The van der Waals surface area contributed by atoms with Crippen LogP contribution < -0.4 is 10.6 Å². The highest BCUT2D eigenvalue weighted by Gasteiger charge is 2.35. The van der Waals surface area contributed by atoms with Crippen molar-refractivity contribution in [3.05, 3.63) is 68.7 Å². The summed E-state index contributed by atoms with van der Waals surface area (Å²) >= 11 is 5.81. The molecule has 1 unspecified atom stereocenters. The van der Waals surface area contributed by atoms with Crippen molar-refractivity contribution in [1.29, 1.82) is 0 Å². The molecule has 0 aromatic heterocycles. The van der Waals surface area contributed by atoms with E-state index in [1.54, 1.807) is 31.2 Å². The molecule has 31 heavy (non-hydrogen) atoms. The highest BCUT2D eigenvalue weighted by Crippen LogP contribution is 2.24. The van der Waals surface area contributed by atoms with Gasteiger partial charge in [-0.15, -0.1) is 0 Å². The molecule has 2 aromatic rings. The second-order valence-electron chi connectivity index (χ2n) is 7.19. The summed E-state index contributed by atoms with van der Waals surface area (Å²) in [7, 11) is 0. The van der Waals surface area contributed by atoms with Gasteiger partial charge in [-0.2, -0.15) is 0 Å². The number of carbonyl (C=O) groups excluding carboxylic acids is 3. The molecule has 2 aromatic carbocycles. The summed E-state index contributed by atoms with van der Waals surface area (Å²) in [5.41, 5.74) is 1.13. The molecule has 1 saturated heterocycles. The van der Waals surface area contributed by atoms with Crippen LogP contribution >= 0.6 is 11.6 Å². The standard InChI is InChI=1S/C21H21ClN4O5/c1-13-11-14(4-9-17(13)26(30)31)21(29)25-10-2-3-18(25)20(28)23-12-19(27)24-16-7-5-15(22)6-8-16/h4-9,11,18H,2-3,10,12H2,1H3,(H,23,28)(H,24,27). The SMILES string of the molecule is Cc1cc(C(=O)N2CCCC2C(=O)NCC(=O)Nc2ccc(Cl)cc2)ccc1[N+](=O)[O-]. The average molecular weight is 445 g/mol. The summed E-state index contributed by atoms with van der Waals surface area (Å²) in [4.78, 5) is 49.5. The van der Waals surface area contributed by atoms with Gasteiger partial charge in [-0.05, 0) is 56.2 Å². The fraction of sp³-hybridized carbons (Fsp3) is 0.286. The molecule has 1 aliphatic heterocycles. The van der Waals surface area contributed by atoms with E-state index in [-0.39, 0.29) is 23.7 Å². The number of carbonyl (C=O) groups is 3. The Balaban J connectivity index is 1.60. The van der Waals surface area contributed by atoms with Gasteiger partial charge in [0.2, 0.25) is 11.8 Å². The Morgan fingerprint density at radius 2 is 1.90 bits per heavy atom. The van der Waals surface area contributed by atoms with Gasteiger partial charge in [-0.1, -0.05) is 11.6 Å². The number of nitro groups is 1. The molecule has 0 aliphatic carbocycles. The molecule has 0 saturated carbocycles. The van der Waals surface area contributed by atoms with Crippen molar-refractivity contribution in [2.75, 3.05) is 18.4 Å². The number of nitrogens with one attached hydrogen (secondary N) is 2. The number of amides is 3. The van der Waals surface area contributed by atoms with E-state index < -0.39 is 22.8 Å². The monoisotopic (exact) mass is 444 g/mol. The molecule has 0 radical (unpaired) electrons. The van der Waals surface area contributed by atoms with Crippen molar-refractivity contribution in [2.24, 2.45) is 0 Å². The van der Waals surface area contributed by atoms with Gasteiger partial charge < -0.3 is 15.5 Å². The summed E-state index contributed by atoms with van der Waals surface area (Å²) < 4.78 is 0. The van der Waals surface area contributed by atoms with Crippen LogP contribution in [0.2, 0.25) is 5.02 Å². The summed E-state index contributed by atoms with van der Waals surface area (Å²) in [5, 5.41) is 16.7. The molecular weight excluding hydrogens is 424 g/mol. The van der Waals surface area contributed by atoms with E-state index in [0.717, 1.165) is 0 Å². The Labute approximate surface area is 183 Å². The number of benzene rings is 2. The van der Waals surface area contributed by atoms with Gasteiger partial charge >= 0.3 is 0 Å². The molecule has 1 aliphatic rings. The third kappa shape index (κ3) is 5.37. The lowest BCUT2D eigenvalue weighted by molar-refractivity contribution is -0.385. The van der Waals surface area contributed by atoms with Gasteiger partial charge in [-0.3, -0.25) is 24.5 Å². The number of anilines is 1. The summed E-state index contributed by atoms with van der Waals surface area (Å²) in [6.07, 6.45) is 1.12. The predicted octanol–water partition coefficient (Wildman–Crippen LogP) is 2.92. The van der Waals surface area contributed by atoms with Crippen LogP contribution in [-0.2, 0) is 9.59 Å². The van der Waals surface area contributed by atoms with Gasteiger partial charge in [0.05, 0.1) is 11.5 Å². The van der Waals surface area contributed by atoms with Crippen LogP contribution in [0.15, 0.2) is 42.5 Å². The largest absolute Gasteiger partial charge is 0.345 e. The second kappa shape index (κ2) is 9.57. The Bertz CT molecular complexity index is 1020. The van der Waals surface area contributed by atoms with Gasteiger partial charge in [0, 0.05) is 34.4 Å². The Hall–Kier alpha value is -3.46. The number of likely N-dealkylation sites (tertiary alicyclic amines) is 1. The fourth-order valence-electron chi connectivity index (χ4n) is 3.47. The van der Waals surface area contributed by atoms with Gasteiger partial charge in [0.1, 0.15) is 6.04 Å². The van der Waals surface area contributed by atoms with Crippen molar-refractivity contribution in [2.45, 2.75) is 25.8 Å². The molecule has 2 N–H and O–H groups in total. The van der Waals surface area contributed by atoms with E-state index in [4.69, 9.17) is 11.6 Å². The fourth-order valence-corrected chi connectivity index (χ4v) is 3.59. The van der Waals surface area contributed by atoms with E-state index in [1.807, 2.05) is 0 Å². The Morgan fingerprint density at radius 1 is 1.19 bits per heavy atom. The smallest absolute Gasteiger partial charge is 0.272 e. The topological polar surface area (TPSA) is 122 Å². The molecule has 0 spiro atoms. The van der Waals surface area contributed by atoms with E-state index in [9.17, 15) is 24.5 Å². The lowest BCUT2D eigenvalue weighted by Crippen LogP contribution is -2.47. The van der Waals surface area contributed by atoms with Gasteiger partial charge in [-0.25, -0.2) is 0 Å². The van der Waals surface area contributed by atoms with Crippen LogP contribution in [0.4, 0.5) is 11.4 Å². The number of aryl methyl sites for hydroxylation is 1. The second-order valence-corrected chi connectivity index (χ2v) is 7.62. The summed E-state index contributed by atoms with van der Waals surface area (Å²) in [6, 6.07) is 9.99. The zero-order valence-electron chi connectivity index (χ0n) is 16.8. The minimum absolute atomic E-state index is 0.0704. The zero-order valence-corrected chi connectivity index (χ0v) is 17.5. The molecule has 1 atom stereocenters. The molecule has 10 heteroatoms. The summed E-state index contributed by atoms with van der Waals surface area (Å²) in [6.45, 7) is 1.71. The lowest BCUT2D eigenvalue weighted by Gasteiger charge is -2.24. The third-order valence-electron chi connectivity index (χ3n) is 5.01. The molecule has 0 bridgehead atoms. The van der Waals surface area contributed by atoms with Crippen molar-refractivity contribution >= 4 is 40.7 Å². The number of rotatable bonds is 6. The van der Waals surface area contributed by atoms with Crippen molar-refractivity contribution < 1.29 is 19.3 Å². The minimum atomic E-state index is -0.702. The quantitative estimate of drug-likeness (QED) is 0.524. The van der Waals surface area contributed by atoms with E-state index in [1.165, 1.54) is 23.1 Å². The molecule has 3 amide bonds. The lowest BCUT2D eigenvalue weighted by atomic mass is 10.1. The zero-order chi connectivity index (χ0) is 22.5. The first-order chi connectivity index (χ1) is 14.8. The first kappa shape index (κ1) is 22.2. The van der Waals surface area contributed by atoms with Crippen LogP contribution in [0.3, 0.4) is 0 Å². The molecule has 1 fully saturated rings. The van der Waals surface area contributed by atoms with Crippen molar-refractivity contribution in [1.82, 2.24) is 10.2 Å². The van der Waals surface area contributed by atoms with E-state index >= 15 is 0 Å². The van der Waals surface area contributed by atoms with Gasteiger partial charge in [0.15, 0.2) is 0 Å². The van der Waals surface area contributed by atoms with Gasteiger partial charge in [0.25, 0.3) is 11.6 Å². The highest BCUT2D eigenvalue weighted by atomic mass is 35.5. The Kier molecular flexibility index (Phi) is 6.86. The highest BCUT2D eigenvalue weighted by molar-refractivity contribution is 6.30. The maximum Gasteiger partial charge on any atom is 0.272 e. The average Bonchev–Trinajstić information content (AvgIpc) is 3.22. The Morgan fingerprint density at radius 3 is 2.55 bits per heavy atom. The normalized spacial score (nSPS) is 15.4. The van der Waals surface area contributed by atoms with E-state index in [0.29, 0.717) is 35.7 Å². The van der Waals surface area contributed by atoms with Crippen LogP contribution in [0, 0.1) is 17.0 Å². The maximum absolute atomic E-state index is 12.9. The molecule has 1 heterocycles. The van der Waals surface area contributed by atoms with Crippen molar-refractivity contribution in [3.63, 3.8) is 0 Å². The maximum atomic E-state index is 12.9. The molecule has 162 valence electrons. The number of hydrogen-bond donors (Lipinski definition) is 2. The van der Waals surface area contributed by atoms with Crippen LogP contribution in [0.25, 0.3) is 0 Å². The van der Waals surface area contributed by atoms with E-state index in [2.05, 4.69) is 10.6 Å². The number of nitrogens with zero attached hydrogens (tertiary/aromatic N) is 2. The number of nitro benzene ring substituents is 1. The van der Waals surface area contributed by atoms with Crippen LogP contribution in [0.1, 0.15) is 28.8 Å². The minimum Gasteiger partial charge on any atom is -0.345 e. The first-order valence-electron chi connectivity index (χ1n) is 9.65. The predicted molar refractivity (Wildman–Crippen MR) is 115 cm³/mol. The summed E-state index contributed by atoms with van der Waals surface area (Å²) in [5.74, 6) is -1.20. The van der Waals surface area contributed by atoms with Crippen molar-refractivity contribution in [3.8, 4) is 0 Å². The molecule has 9 nitrogen and oxygen atoms in total. The number of hydrogen-bond acceptors (Lipinski definition) is 5. The molecule has 3 rings (SSSR count). The van der Waals surface area contributed by atoms with Crippen LogP contribution in [0.5, 0.6) is 0 Å². The third-order valence-corrected chi connectivity index (χ3v) is 5.26. The number of halogens is 1.